The fourth-order valence-corrected chi connectivity index (χ4v) is 2.11. The van der Waals surface area contributed by atoms with Crippen LogP contribution >= 0.6 is 0 Å². The van der Waals surface area contributed by atoms with Crippen LogP contribution in [0.2, 0.25) is 0 Å². The number of benzene rings is 2. The van der Waals surface area contributed by atoms with Crippen molar-refractivity contribution in [3.8, 4) is 5.75 Å². The van der Waals surface area contributed by atoms with Gasteiger partial charge in [-0.15, -0.1) is 0 Å². The van der Waals surface area contributed by atoms with Crippen molar-refractivity contribution in [1.82, 2.24) is 5.43 Å². The zero-order valence-electron chi connectivity index (χ0n) is 13.6. The van der Waals surface area contributed by atoms with Gasteiger partial charge in [-0.3, -0.25) is 4.79 Å². The van der Waals surface area contributed by atoms with Crippen LogP contribution in [0.3, 0.4) is 0 Å². The second-order valence-corrected chi connectivity index (χ2v) is 5.14. The largest absolute Gasteiger partial charge is 0.494 e. The molecule has 0 unspecified atom stereocenters. The van der Waals surface area contributed by atoms with Gasteiger partial charge in [0.1, 0.15) is 5.75 Å². The number of hydrogen-bond acceptors (Lipinski definition) is 3. The van der Waals surface area contributed by atoms with E-state index in [1.54, 1.807) is 6.21 Å². The number of carbonyl (C=O) groups excluding carboxylic acids is 1. The maximum Gasteiger partial charge on any atom is 0.244 e. The maximum atomic E-state index is 11.9. The molecule has 23 heavy (non-hydrogen) atoms. The van der Waals surface area contributed by atoms with Crippen LogP contribution in [0.5, 0.6) is 5.75 Å². The zero-order valence-corrected chi connectivity index (χ0v) is 13.6. The Hall–Kier alpha value is -2.62. The van der Waals surface area contributed by atoms with Gasteiger partial charge in [0.15, 0.2) is 0 Å². The molecular weight excluding hydrogens is 288 g/mol. The first-order valence-corrected chi connectivity index (χ1v) is 7.84. The van der Waals surface area contributed by atoms with Gasteiger partial charge in [-0.05, 0) is 54.3 Å². The summed E-state index contributed by atoms with van der Waals surface area (Å²) in [6.45, 7) is 4.70. The molecule has 0 atom stereocenters. The molecule has 2 aromatic carbocycles. The standard InChI is InChI=1S/C19H22N2O2/c1-3-15-5-7-16(8-6-15)13-19(22)21-20-14-17-9-11-18(12-10-17)23-4-2/h5-12,14H,3-4,13H2,1-2H3,(H,21,22)/b20-14+. The smallest absolute Gasteiger partial charge is 0.244 e. The number of ether oxygens (including phenoxy) is 1. The molecule has 0 spiro atoms. The Morgan fingerprint density at radius 2 is 1.70 bits per heavy atom. The average molecular weight is 310 g/mol. The Bertz CT molecular complexity index is 646. The van der Waals surface area contributed by atoms with Crippen LogP contribution in [0.25, 0.3) is 0 Å². The van der Waals surface area contributed by atoms with Crippen LogP contribution in [-0.2, 0) is 17.6 Å². The Morgan fingerprint density at radius 1 is 1.04 bits per heavy atom. The lowest BCUT2D eigenvalue weighted by molar-refractivity contribution is -0.120. The van der Waals surface area contributed by atoms with Crippen molar-refractivity contribution in [2.75, 3.05) is 6.61 Å². The summed E-state index contributed by atoms with van der Waals surface area (Å²) in [5.74, 6) is 0.695. The van der Waals surface area contributed by atoms with Crippen molar-refractivity contribution in [3.63, 3.8) is 0 Å². The molecule has 1 N–H and O–H groups in total. The summed E-state index contributed by atoms with van der Waals surface area (Å²) < 4.78 is 5.37. The Balaban J connectivity index is 1.82. The zero-order chi connectivity index (χ0) is 16.5. The van der Waals surface area contributed by atoms with E-state index in [0.29, 0.717) is 13.0 Å². The average Bonchev–Trinajstić information content (AvgIpc) is 2.57. The molecule has 0 aliphatic carbocycles. The first-order chi connectivity index (χ1) is 11.2. The molecule has 0 fully saturated rings. The monoisotopic (exact) mass is 310 g/mol. The number of nitrogens with one attached hydrogen (secondary N) is 1. The minimum atomic E-state index is -0.128. The van der Waals surface area contributed by atoms with Gasteiger partial charge < -0.3 is 4.74 Å². The van der Waals surface area contributed by atoms with Gasteiger partial charge in [0.2, 0.25) is 5.91 Å². The minimum Gasteiger partial charge on any atom is -0.494 e. The molecule has 0 saturated carbocycles. The number of nitrogens with zero attached hydrogens (tertiary/aromatic N) is 1. The number of carbonyl (C=O) groups is 1. The van der Waals surface area contributed by atoms with E-state index in [4.69, 9.17) is 4.74 Å². The summed E-state index contributed by atoms with van der Waals surface area (Å²) in [6.07, 6.45) is 2.94. The molecule has 0 aromatic heterocycles. The molecule has 0 saturated heterocycles. The molecule has 4 nitrogen and oxygen atoms in total. The molecular formula is C19H22N2O2. The van der Waals surface area contributed by atoms with Gasteiger partial charge in [-0.1, -0.05) is 31.2 Å². The molecule has 0 heterocycles. The van der Waals surface area contributed by atoms with E-state index in [2.05, 4.69) is 17.5 Å². The third kappa shape index (κ3) is 5.58. The number of hydrogen-bond donors (Lipinski definition) is 1. The van der Waals surface area contributed by atoms with Gasteiger partial charge in [0.25, 0.3) is 0 Å². The van der Waals surface area contributed by atoms with Crippen LogP contribution in [0.1, 0.15) is 30.5 Å². The van der Waals surface area contributed by atoms with Crippen molar-refractivity contribution in [2.45, 2.75) is 26.7 Å². The molecule has 2 rings (SSSR count). The van der Waals surface area contributed by atoms with Crippen molar-refractivity contribution in [1.29, 1.82) is 0 Å². The van der Waals surface area contributed by atoms with Gasteiger partial charge in [-0.25, -0.2) is 5.43 Å². The fourth-order valence-electron chi connectivity index (χ4n) is 2.11. The minimum absolute atomic E-state index is 0.128. The third-order valence-corrected chi connectivity index (χ3v) is 3.39. The predicted molar refractivity (Wildman–Crippen MR) is 92.9 cm³/mol. The van der Waals surface area contributed by atoms with Gasteiger partial charge in [0, 0.05) is 0 Å². The van der Waals surface area contributed by atoms with E-state index in [1.807, 2.05) is 55.5 Å². The third-order valence-electron chi connectivity index (χ3n) is 3.39. The van der Waals surface area contributed by atoms with Crippen molar-refractivity contribution in [3.05, 3.63) is 65.2 Å². The SMILES string of the molecule is CCOc1ccc(/C=N/NC(=O)Cc2ccc(CC)cc2)cc1. The normalized spacial score (nSPS) is 10.7. The van der Waals surface area contributed by atoms with Crippen molar-refractivity contribution in [2.24, 2.45) is 5.10 Å². The van der Waals surface area contributed by atoms with Crippen molar-refractivity contribution >= 4 is 12.1 Å². The fraction of sp³-hybridized carbons (Fsp3) is 0.263. The molecule has 2 aromatic rings. The topological polar surface area (TPSA) is 50.7 Å². The predicted octanol–water partition coefficient (Wildman–Crippen LogP) is 3.34. The first-order valence-electron chi connectivity index (χ1n) is 7.84. The van der Waals surface area contributed by atoms with E-state index in [0.717, 1.165) is 23.3 Å². The van der Waals surface area contributed by atoms with Crippen LogP contribution in [0.15, 0.2) is 53.6 Å². The molecule has 0 bridgehead atoms. The lowest BCUT2D eigenvalue weighted by Gasteiger charge is -2.03. The van der Waals surface area contributed by atoms with Gasteiger partial charge >= 0.3 is 0 Å². The highest BCUT2D eigenvalue weighted by Gasteiger charge is 2.02. The summed E-state index contributed by atoms with van der Waals surface area (Å²) in [5.41, 5.74) is 5.70. The second-order valence-electron chi connectivity index (χ2n) is 5.14. The first kappa shape index (κ1) is 16.7. The lowest BCUT2D eigenvalue weighted by atomic mass is 10.1. The summed E-state index contributed by atoms with van der Waals surface area (Å²) in [7, 11) is 0. The summed E-state index contributed by atoms with van der Waals surface area (Å²) >= 11 is 0. The molecule has 0 aliphatic rings. The molecule has 0 aliphatic heterocycles. The Kier molecular flexibility index (Phi) is 6.36. The molecule has 120 valence electrons. The van der Waals surface area contributed by atoms with Crippen LogP contribution in [-0.4, -0.2) is 18.7 Å². The van der Waals surface area contributed by atoms with Crippen LogP contribution < -0.4 is 10.2 Å². The molecule has 1 amide bonds. The number of rotatable bonds is 7. The highest BCUT2D eigenvalue weighted by atomic mass is 16.5. The van der Waals surface area contributed by atoms with Crippen molar-refractivity contribution < 1.29 is 9.53 Å². The van der Waals surface area contributed by atoms with E-state index >= 15 is 0 Å². The highest BCUT2D eigenvalue weighted by molar-refractivity contribution is 5.83. The Labute approximate surface area is 137 Å². The number of aryl methyl sites for hydroxylation is 1. The summed E-state index contributed by atoms with van der Waals surface area (Å²) in [6, 6.07) is 15.6. The Morgan fingerprint density at radius 3 is 2.30 bits per heavy atom. The number of amides is 1. The summed E-state index contributed by atoms with van der Waals surface area (Å²) in [5, 5.41) is 3.98. The maximum absolute atomic E-state index is 11.9. The van der Waals surface area contributed by atoms with E-state index in [9.17, 15) is 4.79 Å². The van der Waals surface area contributed by atoms with E-state index < -0.39 is 0 Å². The number of hydrazone groups is 1. The molecule has 0 radical (unpaired) electrons. The highest BCUT2D eigenvalue weighted by Crippen LogP contribution is 2.10. The molecule has 4 heteroatoms. The van der Waals surface area contributed by atoms with Gasteiger partial charge in [-0.2, -0.15) is 5.10 Å². The summed E-state index contributed by atoms with van der Waals surface area (Å²) in [4.78, 5) is 11.9. The van der Waals surface area contributed by atoms with E-state index in [-0.39, 0.29) is 5.91 Å². The van der Waals surface area contributed by atoms with Gasteiger partial charge in [0.05, 0.1) is 19.2 Å². The quantitative estimate of drug-likeness (QED) is 0.630. The lowest BCUT2D eigenvalue weighted by Crippen LogP contribution is -2.19. The van der Waals surface area contributed by atoms with E-state index in [1.165, 1.54) is 5.56 Å². The van der Waals surface area contributed by atoms with Crippen LogP contribution in [0.4, 0.5) is 0 Å². The van der Waals surface area contributed by atoms with Crippen LogP contribution in [0, 0.1) is 0 Å². The second kappa shape index (κ2) is 8.73.